The van der Waals surface area contributed by atoms with Gasteiger partial charge >= 0.3 is 0 Å². The number of aliphatic hydroxyl groups excluding tert-OH is 1. The van der Waals surface area contributed by atoms with Gasteiger partial charge in [0.15, 0.2) is 5.96 Å². The molecular weight excluding hydrogens is 522 g/mol. The number of nitrogens with zero attached hydrogens (tertiary/aromatic N) is 3. The summed E-state index contributed by atoms with van der Waals surface area (Å²) in [5.41, 5.74) is 1.42. The highest BCUT2D eigenvalue weighted by atomic mass is 127. The minimum absolute atomic E-state index is 0. The first-order chi connectivity index (χ1) is 15.1. The molecule has 0 unspecified atom stereocenters. The number of piperidine rings is 1. The fourth-order valence-electron chi connectivity index (χ4n) is 3.57. The Kier molecular flexibility index (Phi) is 11.0. The van der Waals surface area contributed by atoms with Crippen LogP contribution in [0.25, 0.3) is 0 Å². The second kappa shape index (κ2) is 13.5. The average Bonchev–Trinajstić information content (AvgIpc) is 2.78. The van der Waals surface area contributed by atoms with Gasteiger partial charge in [-0.25, -0.2) is 9.38 Å². The van der Waals surface area contributed by atoms with Gasteiger partial charge in [0.1, 0.15) is 18.2 Å². The van der Waals surface area contributed by atoms with Crippen molar-refractivity contribution >= 4 is 35.6 Å². The number of rotatable bonds is 8. The number of likely N-dealkylation sites (N-methyl/N-ethyl adjacent to an activating group) is 1. The van der Waals surface area contributed by atoms with Crippen LogP contribution in [0.15, 0.2) is 53.5 Å². The summed E-state index contributed by atoms with van der Waals surface area (Å²) in [4.78, 5) is 8.67. The van der Waals surface area contributed by atoms with Crippen molar-refractivity contribution in [2.45, 2.75) is 32.4 Å². The molecule has 0 aromatic heterocycles. The zero-order valence-electron chi connectivity index (χ0n) is 18.8. The van der Waals surface area contributed by atoms with Crippen LogP contribution in [0, 0.1) is 5.82 Å². The molecule has 0 amide bonds. The van der Waals surface area contributed by atoms with E-state index in [0.29, 0.717) is 51.3 Å². The van der Waals surface area contributed by atoms with Crippen molar-refractivity contribution in [3.63, 3.8) is 0 Å². The van der Waals surface area contributed by atoms with Gasteiger partial charge in [-0.15, -0.1) is 24.0 Å². The molecule has 0 aliphatic carbocycles. The lowest BCUT2D eigenvalue weighted by Gasteiger charge is -2.31. The van der Waals surface area contributed by atoms with Crippen LogP contribution in [0.2, 0.25) is 0 Å². The van der Waals surface area contributed by atoms with E-state index in [9.17, 15) is 9.50 Å². The third-order valence-electron chi connectivity index (χ3n) is 5.36. The Morgan fingerprint density at radius 3 is 2.59 bits per heavy atom. The molecule has 176 valence electrons. The predicted octanol–water partition coefficient (Wildman–Crippen LogP) is 3.88. The summed E-state index contributed by atoms with van der Waals surface area (Å²) in [7, 11) is 1.96. The molecular formula is C24H34FIN4O2. The Labute approximate surface area is 207 Å². The van der Waals surface area contributed by atoms with E-state index in [-0.39, 0.29) is 35.9 Å². The van der Waals surface area contributed by atoms with Crippen molar-refractivity contribution in [3.8, 4) is 5.75 Å². The van der Waals surface area contributed by atoms with Gasteiger partial charge in [0.25, 0.3) is 0 Å². The third kappa shape index (κ3) is 7.81. The molecule has 1 aliphatic heterocycles. The molecule has 2 aromatic rings. The summed E-state index contributed by atoms with van der Waals surface area (Å²) in [6.45, 7) is 5.73. The molecule has 1 fully saturated rings. The van der Waals surface area contributed by atoms with Crippen molar-refractivity contribution in [1.82, 2.24) is 10.2 Å². The molecule has 2 N–H and O–H groups in total. The summed E-state index contributed by atoms with van der Waals surface area (Å²) in [6.07, 6.45) is 1.09. The number of aliphatic hydroxyl groups is 1. The van der Waals surface area contributed by atoms with E-state index < -0.39 is 0 Å². The van der Waals surface area contributed by atoms with Crippen molar-refractivity contribution < 1.29 is 14.2 Å². The number of guanidine groups is 1. The molecule has 0 spiro atoms. The van der Waals surface area contributed by atoms with Crippen LogP contribution in [0.4, 0.5) is 10.1 Å². The van der Waals surface area contributed by atoms with Crippen LogP contribution in [-0.4, -0.2) is 61.9 Å². The molecule has 1 heterocycles. The maximum atomic E-state index is 14.7. The molecule has 1 saturated heterocycles. The molecule has 6 nitrogen and oxygen atoms in total. The fraction of sp³-hybridized carbons (Fsp3) is 0.458. The molecule has 0 atom stereocenters. The number of hydrogen-bond acceptors (Lipinski definition) is 4. The normalized spacial score (nSPS) is 14.6. The van der Waals surface area contributed by atoms with Gasteiger partial charge in [-0.2, -0.15) is 0 Å². The minimum Gasteiger partial charge on any atom is -0.492 e. The fourth-order valence-corrected chi connectivity index (χ4v) is 3.57. The minimum atomic E-state index is -0.271. The Morgan fingerprint density at radius 1 is 1.22 bits per heavy atom. The lowest BCUT2D eigenvalue weighted by molar-refractivity contribution is 0.145. The SMILES string of the molecule is CCNC(=NCc1ccc(N2CCC(O)CC2)c(F)c1)N(C)CCOc1ccccc1.I. The number of para-hydroxylation sites is 1. The molecule has 3 rings (SSSR count). The van der Waals surface area contributed by atoms with E-state index in [0.717, 1.165) is 23.8 Å². The summed E-state index contributed by atoms with van der Waals surface area (Å²) in [5, 5.41) is 12.9. The topological polar surface area (TPSA) is 60.3 Å². The monoisotopic (exact) mass is 556 g/mol. The molecule has 0 radical (unpaired) electrons. The van der Waals surface area contributed by atoms with Crippen LogP contribution in [0.1, 0.15) is 25.3 Å². The smallest absolute Gasteiger partial charge is 0.194 e. The second-order valence-electron chi connectivity index (χ2n) is 7.76. The summed E-state index contributed by atoms with van der Waals surface area (Å²) >= 11 is 0. The Bertz CT molecular complexity index is 845. The summed E-state index contributed by atoms with van der Waals surface area (Å²) in [5.74, 6) is 1.36. The van der Waals surface area contributed by atoms with Crippen molar-refractivity contribution in [3.05, 3.63) is 59.9 Å². The van der Waals surface area contributed by atoms with Crippen LogP contribution >= 0.6 is 24.0 Å². The van der Waals surface area contributed by atoms with Gasteiger partial charge in [0.05, 0.1) is 24.9 Å². The van der Waals surface area contributed by atoms with Crippen molar-refractivity contribution in [2.24, 2.45) is 4.99 Å². The van der Waals surface area contributed by atoms with E-state index in [1.165, 1.54) is 0 Å². The Hall–Kier alpha value is -2.07. The van der Waals surface area contributed by atoms with Crippen LogP contribution < -0.4 is 15.0 Å². The van der Waals surface area contributed by atoms with Gasteiger partial charge < -0.3 is 25.0 Å². The van der Waals surface area contributed by atoms with E-state index >= 15 is 0 Å². The maximum Gasteiger partial charge on any atom is 0.194 e. The predicted molar refractivity (Wildman–Crippen MR) is 139 cm³/mol. The lowest BCUT2D eigenvalue weighted by Crippen LogP contribution is -2.40. The van der Waals surface area contributed by atoms with E-state index in [4.69, 9.17) is 4.74 Å². The average molecular weight is 556 g/mol. The van der Waals surface area contributed by atoms with Crippen LogP contribution in [0.5, 0.6) is 5.75 Å². The highest BCUT2D eigenvalue weighted by molar-refractivity contribution is 14.0. The number of hydrogen-bond donors (Lipinski definition) is 2. The largest absolute Gasteiger partial charge is 0.492 e. The molecule has 1 aliphatic rings. The second-order valence-corrected chi connectivity index (χ2v) is 7.76. The Morgan fingerprint density at radius 2 is 1.94 bits per heavy atom. The number of nitrogens with one attached hydrogen (secondary N) is 1. The van der Waals surface area contributed by atoms with Gasteiger partial charge in [-0.1, -0.05) is 24.3 Å². The summed E-state index contributed by atoms with van der Waals surface area (Å²) < 4.78 is 20.5. The molecule has 0 saturated carbocycles. The van der Waals surface area contributed by atoms with Crippen LogP contribution in [0.3, 0.4) is 0 Å². The number of aliphatic imine (C=N–C) groups is 1. The third-order valence-corrected chi connectivity index (χ3v) is 5.36. The number of anilines is 1. The molecule has 8 heteroatoms. The Balaban J connectivity index is 0.00000363. The quantitative estimate of drug-likeness (QED) is 0.294. The molecule has 32 heavy (non-hydrogen) atoms. The van der Waals surface area contributed by atoms with E-state index in [1.54, 1.807) is 6.07 Å². The zero-order valence-corrected chi connectivity index (χ0v) is 21.2. The van der Waals surface area contributed by atoms with Crippen molar-refractivity contribution in [1.29, 1.82) is 0 Å². The van der Waals surface area contributed by atoms with Crippen molar-refractivity contribution in [2.75, 3.05) is 44.7 Å². The number of ether oxygens (including phenoxy) is 1. The highest BCUT2D eigenvalue weighted by Crippen LogP contribution is 2.24. The highest BCUT2D eigenvalue weighted by Gasteiger charge is 2.19. The number of benzene rings is 2. The standard InChI is InChI=1S/C24H33FN4O2.HI/c1-3-26-24(28(2)15-16-31-21-7-5-4-6-8-21)27-18-19-9-10-23(22(25)17-19)29-13-11-20(30)12-14-29;/h4-10,17,20,30H,3,11-16,18H2,1-2H3,(H,26,27);1H. The lowest BCUT2D eigenvalue weighted by atomic mass is 10.1. The first-order valence-electron chi connectivity index (χ1n) is 11.0. The van der Waals surface area contributed by atoms with Gasteiger partial charge in [-0.3, -0.25) is 0 Å². The molecule has 2 aromatic carbocycles. The molecule has 0 bridgehead atoms. The summed E-state index contributed by atoms with van der Waals surface area (Å²) in [6, 6.07) is 15.0. The zero-order chi connectivity index (χ0) is 22.1. The van der Waals surface area contributed by atoms with Gasteiger partial charge in [-0.05, 0) is 49.6 Å². The van der Waals surface area contributed by atoms with Gasteiger partial charge in [0, 0.05) is 26.7 Å². The maximum absolute atomic E-state index is 14.7. The van der Waals surface area contributed by atoms with Crippen LogP contribution in [-0.2, 0) is 6.54 Å². The van der Waals surface area contributed by atoms with E-state index in [2.05, 4.69) is 10.3 Å². The number of halogens is 2. The van der Waals surface area contributed by atoms with E-state index in [1.807, 2.05) is 66.2 Å². The van der Waals surface area contributed by atoms with Gasteiger partial charge in [0.2, 0.25) is 0 Å². The first-order valence-corrected chi connectivity index (χ1v) is 11.0. The first kappa shape index (κ1) is 26.2.